The van der Waals surface area contributed by atoms with E-state index in [1.807, 2.05) is 19.1 Å². The summed E-state index contributed by atoms with van der Waals surface area (Å²) in [5.74, 6) is 2.10. The summed E-state index contributed by atoms with van der Waals surface area (Å²) in [6.45, 7) is 1.97. The standard InChI is InChI=1S/C8H11BrO/c1-7-4-5-8(10-7)3-2-6-9/h4-5H,2-3,6H2,1H3. The van der Waals surface area contributed by atoms with E-state index in [2.05, 4.69) is 15.9 Å². The van der Waals surface area contributed by atoms with Gasteiger partial charge in [0, 0.05) is 11.8 Å². The van der Waals surface area contributed by atoms with E-state index < -0.39 is 0 Å². The van der Waals surface area contributed by atoms with Crippen LogP contribution in [-0.2, 0) is 6.42 Å². The van der Waals surface area contributed by atoms with Crippen LogP contribution in [0.25, 0.3) is 0 Å². The fraction of sp³-hybridized carbons (Fsp3) is 0.500. The van der Waals surface area contributed by atoms with Crippen LogP contribution in [0.3, 0.4) is 0 Å². The Kier molecular flexibility index (Phi) is 3.00. The zero-order valence-corrected chi connectivity index (χ0v) is 7.65. The first-order valence-electron chi connectivity index (χ1n) is 3.44. The molecule has 1 rings (SSSR count). The van der Waals surface area contributed by atoms with Crippen molar-refractivity contribution in [2.45, 2.75) is 19.8 Å². The molecule has 1 nitrogen and oxygen atoms in total. The summed E-state index contributed by atoms with van der Waals surface area (Å²) in [6, 6.07) is 4.04. The first kappa shape index (κ1) is 7.86. The molecule has 0 bridgehead atoms. The van der Waals surface area contributed by atoms with Crippen molar-refractivity contribution in [3.8, 4) is 0 Å². The van der Waals surface area contributed by atoms with Crippen LogP contribution < -0.4 is 0 Å². The zero-order valence-electron chi connectivity index (χ0n) is 6.06. The van der Waals surface area contributed by atoms with Crippen molar-refractivity contribution < 1.29 is 4.42 Å². The third-order valence-corrected chi connectivity index (χ3v) is 1.91. The highest BCUT2D eigenvalue weighted by Gasteiger charge is 1.95. The Hall–Kier alpha value is -0.240. The van der Waals surface area contributed by atoms with Crippen LogP contribution in [-0.4, -0.2) is 5.33 Å². The molecular formula is C8H11BrO. The lowest BCUT2D eigenvalue weighted by Gasteiger charge is -1.90. The van der Waals surface area contributed by atoms with Gasteiger partial charge in [-0.15, -0.1) is 0 Å². The van der Waals surface area contributed by atoms with Crippen LogP contribution in [0, 0.1) is 6.92 Å². The number of furan rings is 1. The monoisotopic (exact) mass is 202 g/mol. The summed E-state index contributed by atoms with van der Waals surface area (Å²) >= 11 is 3.37. The van der Waals surface area contributed by atoms with E-state index in [0.717, 1.165) is 29.7 Å². The quantitative estimate of drug-likeness (QED) is 0.688. The Morgan fingerprint density at radius 1 is 1.50 bits per heavy atom. The van der Waals surface area contributed by atoms with Crippen molar-refractivity contribution in [1.29, 1.82) is 0 Å². The molecule has 10 heavy (non-hydrogen) atoms. The number of aryl methyl sites for hydroxylation is 2. The van der Waals surface area contributed by atoms with Crippen molar-refractivity contribution in [3.63, 3.8) is 0 Å². The predicted molar refractivity (Wildman–Crippen MR) is 45.6 cm³/mol. The summed E-state index contributed by atoms with van der Waals surface area (Å²) in [6.07, 6.45) is 2.19. The molecule has 1 heterocycles. The molecule has 1 aromatic rings. The van der Waals surface area contributed by atoms with Gasteiger partial charge in [-0.25, -0.2) is 0 Å². The smallest absolute Gasteiger partial charge is 0.104 e. The fourth-order valence-electron chi connectivity index (χ4n) is 0.861. The van der Waals surface area contributed by atoms with Crippen LogP contribution >= 0.6 is 15.9 Å². The normalized spacial score (nSPS) is 10.2. The van der Waals surface area contributed by atoms with Gasteiger partial charge in [0.15, 0.2) is 0 Å². The molecule has 0 amide bonds. The van der Waals surface area contributed by atoms with Crippen LogP contribution in [0.2, 0.25) is 0 Å². The maximum absolute atomic E-state index is 5.36. The number of halogens is 1. The average Bonchev–Trinajstić information content (AvgIpc) is 2.31. The number of alkyl halides is 1. The molecule has 0 saturated carbocycles. The van der Waals surface area contributed by atoms with E-state index in [4.69, 9.17) is 4.42 Å². The number of hydrogen-bond donors (Lipinski definition) is 0. The Bertz CT molecular complexity index is 193. The van der Waals surface area contributed by atoms with Crippen LogP contribution in [0.4, 0.5) is 0 Å². The van der Waals surface area contributed by atoms with E-state index >= 15 is 0 Å². The van der Waals surface area contributed by atoms with Crippen molar-refractivity contribution in [2.24, 2.45) is 0 Å². The molecular weight excluding hydrogens is 192 g/mol. The Balaban J connectivity index is 2.42. The third-order valence-electron chi connectivity index (χ3n) is 1.35. The van der Waals surface area contributed by atoms with Crippen LogP contribution in [0.5, 0.6) is 0 Å². The first-order chi connectivity index (χ1) is 4.83. The van der Waals surface area contributed by atoms with Crippen molar-refractivity contribution in [1.82, 2.24) is 0 Å². The van der Waals surface area contributed by atoms with Gasteiger partial charge in [0.25, 0.3) is 0 Å². The van der Waals surface area contributed by atoms with Gasteiger partial charge < -0.3 is 4.42 Å². The molecule has 0 unspecified atom stereocenters. The second-order valence-electron chi connectivity index (χ2n) is 2.30. The highest BCUT2D eigenvalue weighted by Crippen LogP contribution is 2.08. The molecule has 0 radical (unpaired) electrons. The van der Waals surface area contributed by atoms with E-state index in [-0.39, 0.29) is 0 Å². The maximum atomic E-state index is 5.36. The van der Waals surface area contributed by atoms with Gasteiger partial charge >= 0.3 is 0 Å². The van der Waals surface area contributed by atoms with Gasteiger partial charge in [-0.1, -0.05) is 15.9 Å². The minimum atomic E-state index is 1.00. The lowest BCUT2D eigenvalue weighted by atomic mass is 10.3. The summed E-state index contributed by atoms with van der Waals surface area (Å²) < 4.78 is 5.36. The van der Waals surface area contributed by atoms with Gasteiger partial charge in [0.05, 0.1) is 0 Å². The van der Waals surface area contributed by atoms with E-state index in [1.54, 1.807) is 0 Å². The van der Waals surface area contributed by atoms with Crippen molar-refractivity contribution in [2.75, 3.05) is 5.33 Å². The molecule has 0 spiro atoms. The zero-order chi connectivity index (χ0) is 7.40. The fourth-order valence-corrected chi connectivity index (χ4v) is 1.14. The SMILES string of the molecule is Cc1ccc(CCCBr)o1. The molecule has 0 saturated heterocycles. The first-order valence-corrected chi connectivity index (χ1v) is 4.56. The highest BCUT2D eigenvalue weighted by molar-refractivity contribution is 9.09. The van der Waals surface area contributed by atoms with Gasteiger partial charge in [-0.3, -0.25) is 0 Å². The average molecular weight is 203 g/mol. The second-order valence-corrected chi connectivity index (χ2v) is 3.10. The largest absolute Gasteiger partial charge is 0.466 e. The molecule has 0 atom stereocenters. The lowest BCUT2D eigenvalue weighted by Crippen LogP contribution is -1.80. The molecule has 0 aliphatic heterocycles. The van der Waals surface area contributed by atoms with E-state index in [0.29, 0.717) is 0 Å². The summed E-state index contributed by atoms with van der Waals surface area (Å²) in [5.41, 5.74) is 0. The molecule has 56 valence electrons. The molecule has 0 aliphatic carbocycles. The summed E-state index contributed by atoms with van der Waals surface area (Å²) in [4.78, 5) is 0. The van der Waals surface area contributed by atoms with Crippen molar-refractivity contribution in [3.05, 3.63) is 23.7 Å². The Morgan fingerprint density at radius 3 is 2.80 bits per heavy atom. The van der Waals surface area contributed by atoms with Crippen LogP contribution in [0.15, 0.2) is 16.5 Å². The topological polar surface area (TPSA) is 13.1 Å². The highest BCUT2D eigenvalue weighted by atomic mass is 79.9. The molecule has 0 aliphatic rings. The van der Waals surface area contributed by atoms with E-state index in [9.17, 15) is 0 Å². The molecule has 0 N–H and O–H groups in total. The molecule has 0 aromatic carbocycles. The second kappa shape index (κ2) is 3.81. The van der Waals surface area contributed by atoms with Crippen LogP contribution in [0.1, 0.15) is 17.9 Å². The van der Waals surface area contributed by atoms with Gasteiger partial charge in [0.1, 0.15) is 11.5 Å². The van der Waals surface area contributed by atoms with Gasteiger partial charge in [-0.05, 0) is 25.5 Å². The summed E-state index contributed by atoms with van der Waals surface area (Å²) in [5, 5.41) is 1.05. The van der Waals surface area contributed by atoms with Gasteiger partial charge in [-0.2, -0.15) is 0 Å². The minimum Gasteiger partial charge on any atom is -0.466 e. The molecule has 1 aromatic heterocycles. The Labute approximate surface area is 69.6 Å². The summed E-state index contributed by atoms with van der Waals surface area (Å²) in [7, 11) is 0. The number of hydrogen-bond acceptors (Lipinski definition) is 1. The maximum Gasteiger partial charge on any atom is 0.104 e. The predicted octanol–water partition coefficient (Wildman–Crippen LogP) is 2.92. The lowest BCUT2D eigenvalue weighted by molar-refractivity contribution is 0.481. The number of rotatable bonds is 3. The van der Waals surface area contributed by atoms with Gasteiger partial charge in [0.2, 0.25) is 0 Å². The van der Waals surface area contributed by atoms with Crippen molar-refractivity contribution >= 4 is 15.9 Å². The Morgan fingerprint density at radius 2 is 2.30 bits per heavy atom. The third kappa shape index (κ3) is 2.18. The molecule has 2 heteroatoms. The molecule has 0 fully saturated rings. The minimum absolute atomic E-state index is 1.00. The van der Waals surface area contributed by atoms with E-state index in [1.165, 1.54) is 0 Å².